The lowest BCUT2D eigenvalue weighted by atomic mass is 10.0. The van der Waals surface area contributed by atoms with Crippen molar-refractivity contribution < 1.29 is 9.59 Å². The third-order valence-electron chi connectivity index (χ3n) is 3.55. The van der Waals surface area contributed by atoms with E-state index in [0.717, 1.165) is 11.1 Å². The fraction of sp³-hybridized carbons (Fsp3) is 0.111. The van der Waals surface area contributed by atoms with Crippen LogP contribution in [0.2, 0.25) is 0 Å². The summed E-state index contributed by atoms with van der Waals surface area (Å²) in [5, 5.41) is 2.50. The second-order valence-electron chi connectivity index (χ2n) is 5.05. The lowest BCUT2D eigenvalue weighted by molar-refractivity contribution is -0.124. The molecule has 0 spiro atoms. The highest BCUT2D eigenvalue weighted by atomic mass is 16.2. The molecule has 3 rings (SSSR count). The number of nitrogens with zero attached hydrogens (tertiary/aromatic N) is 1. The van der Waals surface area contributed by atoms with Crippen molar-refractivity contribution in [2.24, 2.45) is 0 Å². The number of nitrogens with one attached hydrogen (secondary N) is 1. The molecule has 0 atom stereocenters. The van der Waals surface area contributed by atoms with Crippen molar-refractivity contribution in [3.05, 3.63) is 66.2 Å². The van der Waals surface area contributed by atoms with Crippen LogP contribution < -0.4 is 5.32 Å². The molecule has 0 unspecified atom stereocenters. The predicted molar refractivity (Wildman–Crippen MR) is 86.0 cm³/mol. The second-order valence-corrected chi connectivity index (χ2v) is 5.05. The molecule has 0 radical (unpaired) electrons. The molecule has 2 aromatic rings. The van der Waals surface area contributed by atoms with Crippen LogP contribution in [-0.4, -0.2) is 29.9 Å². The summed E-state index contributed by atoms with van der Waals surface area (Å²) in [5.41, 5.74) is 3.37. The van der Waals surface area contributed by atoms with E-state index in [1.54, 1.807) is 0 Å². The van der Waals surface area contributed by atoms with Crippen LogP contribution in [0.3, 0.4) is 0 Å². The lowest BCUT2D eigenvalue weighted by Gasteiger charge is -2.08. The first kappa shape index (κ1) is 14.1. The number of imide groups is 1. The molecule has 1 N–H and O–H groups in total. The number of carbonyl (C=O) groups excluding carboxylic acids is 2. The van der Waals surface area contributed by atoms with Crippen molar-refractivity contribution in [1.29, 1.82) is 0 Å². The maximum atomic E-state index is 11.4. The van der Waals surface area contributed by atoms with Gasteiger partial charge in [0.2, 0.25) is 5.91 Å². The Morgan fingerprint density at radius 1 is 0.955 bits per heavy atom. The normalized spacial score (nSPS) is 14.6. The Labute approximate surface area is 129 Å². The molecule has 110 valence electrons. The van der Waals surface area contributed by atoms with Crippen molar-refractivity contribution >= 4 is 18.0 Å². The predicted octanol–water partition coefficient (Wildman–Crippen LogP) is 2.92. The number of benzene rings is 2. The van der Waals surface area contributed by atoms with Crippen LogP contribution >= 0.6 is 0 Å². The Kier molecular flexibility index (Phi) is 4.01. The van der Waals surface area contributed by atoms with Gasteiger partial charge in [0.25, 0.3) is 0 Å². The maximum Gasteiger partial charge on any atom is 0.324 e. The highest BCUT2D eigenvalue weighted by molar-refractivity contribution is 6.02. The summed E-state index contributed by atoms with van der Waals surface area (Å²) in [6.45, 7) is 0.392. The van der Waals surface area contributed by atoms with Gasteiger partial charge in [0, 0.05) is 6.54 Å². The molecule has 2 aromatic carbocycles. The molecule has 1 heterocycles. The van der Waals surface area contributed by atoms with Gasteiger partial charge in [-0.3, -0.25) is 9.69 Å². The van der Waals surface area contributed by atoms with Crippen LogP contribution in [0.15, 0.2) is 60.7 Å². The summed E-state index contributed by atoms with van der Waals surface area (Å²) in [6, 6.07) is 18.0. The molecular formula is C18H16N2O2. The number of rotatable bonds is 4. The lowest BCUT2D eigenvalue weighted by Crippen LogP contribution is -2.30. The summed E-state index contributed by atoms with van der Waals surface area (Å²) in [6.07, 6.45) is 3.73. The number of carbonyl (C=O) groups is 2. The minimum Gasteiger partial charge on any atom is -0.329 e. The average molecular weight is 292 g/mol. The van der Waals surface area contributed by atoms with Crippen LogP contribution in [0.25, 0.3) is 17.2 Å². The Balaban J connectivity index is 1.65. The molecule has 1 fully saturated rings. The van der Waals surface area contributed by atoms with E-state index in [2.05, 4.69) is 29.6 Å². The molecule has 0 bridgehead atoms. The van der Waals surface area contributed by atoms with E-state index in [-0.39, 0.29) is 18.5 Å². The van der Waals surface area contributed by atoms with Gasteiger partial charge in [-0.15, -0.1) is 0 Å². The van der Waals surface area contributed by atoms with Gasteiger partial charge in [-0.05, 0) is 16.7 Å². The van der Waals surface area contributed by atoms with Crippen LogP contribution in [0.5, 0.6) is 0 Å². The first-order valence-electron chi connectivity index (χ1n) is 7.14. The van der Waals surface area contributed by atoms with Crippen molar-refractivity contribution in [3.8, 4) is 11.1 Å². The molecule has 0 aromatic heterocycles. The first-order valence-corrected chi connectivity index (χ1v) is 7.14. The molecule has 1 aliphatic rings. The minimum atomic E-state index is -0.325. The van der Waals surface area contributed by atoms with Crippen LogP contribution in [0, 0.1) is 0 Å². The summed E-state index contributed by atoms with van der Waals surface area (Å²) in [5.74, 6) is -0.186. The highest BCUT2D eigenvalue weighted by Gasteiger charge is 2.26. The van der Waals surface area contributed by atoms with Gasteiger partial charge < -0.3 is 5.32 Å². The van der Waals surface area contributed by atoms with Gasteiger partial charge >= 0.3 is 6.03 Å². The fourth-order valence-electron chi connectivity index (χ4n) is 2.35. The first-order chi connectivity index (χ1) is 10.7. The van der Waals surface area contributed by atoms with Gasteiger partial charge in [0.1, 0.15) is 0 Å². The molecule has 1 aliphatic heterocycles. The van der Waals surface area contributed by atoms with E-state index >= 15 is 0 Å². The van der Waals surface area contributed by atoms with E-state index < -0.39 is 0 Å². The van der Waals surface area contributed by atoms with Crippen molar-refractivity contribution in [2.75, 3.05) is 13.1 Å². The second kappa shape index (κ2) is 6.26. The largest absolute Gasteiger partial charge is 0.329 e. The van der Waals surface area contributed by atoms with Crippen LogP contribution in [0.1, 0.15) is 5.56 Å². The van der Waals surface area contributed by atoms with Gasteiger partial charge in [-0.25, -0.2) is 4.79 Å². The summed E-state index contributed by atoms with van der Waals surface area (Å²) < 4.78 is 0. The third-order valence-corrected chi connectivity index (χ3v) is 3.55. The molecular weight excluding hydrogens is 276 g/mol. The van der Waals surface area contributed by atoms with Crippen molar-refractivity contribution in [3.63, 3.8) is 0 Å². The van der Waals surface area contributed by atoms with Gasteiger partial charge in [-0.1, -0.05) is 66.7 Å². The zero-order valence-corrected chi connectivity index (χ0v) is 12.0. The van der Waals surface area contributed by atoms with E-state index in [1.807, 2.05) is 42.5 Å². The molecule has 3 amide bonds. The monoisotopic (exact) mass is 292 g/mol. The highest BCUT2D eigenvalue weighted by Crippen LogP contribution is 2.19. The van der Waals surface area contributed by atoms with Crippen LogP contribution in [-0.2, 0) is 4.79 Å². The number of hydrogen-bond donors (Lipinski definition) is 1. The number of urea groups is 1. The summed E-state index contributed by atoms with van der Waals surface area (Å²) >= 11 is 0. The topological polar surface area (TPSA) is 49.4 Å². The van der Waals surface area contributed by atoms with Gasteiger partial charge in [0.15, 0.2) is 0 Å². The number of amides is 3. The zero-order chi connectivity index (χ0) is 15.4. The van der Waals surface area contributed by atoms with Crippen molar-refractivity contribution in [1.82, 2.24) is 10.2 Å². The Hall–Kier alpha value is -2.88. The third kappa shape index (κ3) is 3.06. The molecule has 0 saturated carbocycles. The van der Waals surface area contributed by atoms with Crippen LogP contribution in [0.4, 0.5) is 4.79 Å². The maximum absolute atomic E-state index is 11.4. The molecule has 4 heteroatoms. The molecule has 0 aliphatic carbocycles. The smallest absolute Gasteiger partial charge is 0.324 e. The van der Waals surface area contributed by atoms with E-state index in [1.165, 1.54) is 10.5 Å². The number of hydrogen-bond acceptors (Lipinski definition) is 2. The van der Waals surface area contributed by atoms with Gasteiger partial charge in [-0.2, -0.15) is 0 Å². The molecule has 22 heavy (non-hydrogen) atoms. The molecule has 4 nitrogen and oxygen atoms in total. The molecule has 1 saturated heterocycles. The summed E-state index contributed by atoms with van der Waals surface area (Å²) in [7, 11) is 0. The average Bonchev–Trinajstić information content (AvgIpc) is 2.88. The minimum absolute atomic E-state index is 0.0957. The van der Waals surface area contributed by atoms with E-state index in [0.29, 0.717) is 6.54 Å². The van der Waals surface area contributed by atoms with E-state index in [4.69, 9.17) is 0 Å². The fourth-order valence-corrected chi connectivity index (χ4v) is 2.35. The Morgan fingerprint density at radius 2 is 1.64 bits per heavy atom. The quantitative estimate of drug-likeness (QED) is 0.881. The SMILES string of the molecule is O=C1CNC(=O)N1C/C=C/c1ccc(-c2ccccc2)cc1. The Morgan fingerprint density at radius 3 is 2.27 bits per heavy atom. The van der Waals surface area contributed by atoms with Crippen molar-refractivity contribution in [2.45, 2.75) is 0 Å². The zero-order valence-electron chi connectivity index (χ0n) is 12.0. The standard InChI is InChI=1S/C18H16N2O2/c21-17-13-19-18(22)20(17)12-4-5-14-8-10-16(11-9-14)15-6-2-1-3-7-15/h1-11H,12-13H2,(H,19,22)/b5-4+. The van der Waals surface area contributed by atoms with Gasteiger partial charge in [0.05, 0.1) is 6.54 Å². The summed E-state index contributed by atoms with van der Waals surface area (Å²) in [4.78, 5) is 24.0. The Bertz CT molecular complexity index is 690. The van der Waals surface area contributed by atoms with E-state index in [9.17, 15) is 9.59 Å².